The van der Waals surface area contributed by atoms with Gasteiger partial charge in [-0.25, -0.2) is 9.59 Å². The fourth-order valence-electron chi connectivity index (χ4n) is 3.12. The summed E-state index contributed by atoms with van der Waals surface area (Å²) in [4.78, 5) is 41.3. The number of nitrogens with zero attached hydrogens (tertiary/aromatic N) is 2. The first-order valence-corrected chi connectivity index (χ1v) is 9.01. The van der Waals surface area contributed by atoms with Crippen LogP contribution in [-0.4, -0.2) is 45.7 Å². The molecule has 3 amide bonds. The molecule has 0 aliphatic carbocycles. The Labute approximate surface area is 173 Å². The molecular formula is C20H17F3N4O4. The standard InChI is InChI=1S/C18H16N4O2.C2HF3O2/c1-11-8-12(13-10-20-15-4-6-19-9-14(13)15)2-3-16(11)22-7-5-17(23)21-18(22)24;3-2(4,5)1(6)7/h2-4,6,8-10,20H,5,7H2,1H3,(H,21,23,24);(H,6,7). The molecule has 0 saturated carbocycles. The van der Waals surface area contributed by atoms with Crippen LogP contribution in [0, 0.1) is 6.92 Å². The number of amides is 3. The van der Waals surface area contributed by atoms with Crippen molar-refractivity contribution in [3.05, 3.63) is 48.4 Å². The van der Waals surface area contributed by atoms with Crippen molar-refractivity contribution >= 4 is 34.5 Å². The predicted molar refractivity (Wildman–Crippen MR) is 105 cm³/mol. The number of hydrogen-bond donors (Lipinski definition) is 3. The monoisotopic (exact) mass is 434 g/mol. The molecule has 2 aromatic heterocycles. The third-order valence-electron chi connectivity index (χ3n) is 4.58. The van der Waals surface area contributed by atoms with Crippen LogP contribution in [0.1, 0.15) is 12.0 Å². The molecule has 1 aromatic carbocycles. The summed E-state index contributed by atoms with van der Waals surface area (Å²) in [7, 11) is 0. The maximum atomic E-state index is 12.0. The number of carboxylic acid groups (broad SMARTS) is 1. The number of hydrogen-bond acceptors (Lipinski definition) is 4. The number of nitrogens with one attached hydrogen (secondary N) is 2. The Kier molecular flexibility index (Phi) is 5.95. The minimum absolute atomic E-state index is 0.225. The van der Waals surface area contributed by atoms with E-state index in [-0.39, 0.29) is 11.9 Å². The Morgan fingerprint density at radius 3 is 2.55 bits per heavy atom. The fourth-order valence-corrected chi connectivity index (χ4v) is 3.12. The molecule has 3 N–H and O–H groups in total. The smallest absolute Gasteiger partial charge is 0.475 e. The van der Waals surface area contributed by atoms with Crippen molar-refractivity contribution in [3.8, 4) is 11.1 Å². The van der Waals surface area contributed by atoms with Crippen molar-refractivity contribution in [3.63, 3.8) is 0 Å². The van der Waals surface area contributed by atoms with Crippen molar-refractivity contribution < 1.29 is 32.7 Å². The predicted octanol–water partition coefficient (Wildman–Crippen LogP) is 3.62. The normalized spacial score (nSPS) is 14.1. The van der Waals surface area contributed by atoms with Crippen molar-refractivity contribution in [1.29, 1.82) is 0 Å². The molecule has 0 radical (unpaired) electrons. The van der Waals surface area contributed by atoms with Gasteiger partial charge in [-0.1, -0.05) is 6.07 Å². The average Bonchev–Trinajstić information content (AvgIpc) is 3.12. The molecule has 31 heavy (non-hydrogen) atoms. The molecule has 0 atom stereocenters. The zero-order valence-corrected chi connectivity index (χ0v) is 16.2. The van der Waals surface area contributed by atoms with E-state index in [0.29, 0.717) is 13.0 Å². The lowest BCUT2D eigenvalue weighted by Crippen LogP contribution is -2.49. The van der Waals surface area contributed by atoms with E-state index >= 15 is 0 Å². The number of fused-ring (bicyclic) bond motifs is 1. The second-order valence-electron chi connectivity index (χ2n) is 6.68. The van der Waals surface area contributed by atoms with Gasteiger partial charge in [0.1, 0.15) is 0 Å². The molecule has 1 fully saturated rings. The SMILES string of the molecule is Cc1cc(-c2c[nH]c3ccncc23)ccc1N1CCC(=O)NC1=O.O=C(O)C(F)(F)F. The lowest BCUT2D eigenvalue weighted by atomic mass is 10.0. The quantitative estimate of drug-likeness (QED) is 0.570. The van der Waals surface area contributed by atoms with Crippen LogP contribution in [-0.2, 0) is 9.59 Å². The van der Waals surface area contributed by atoms with Crippen LogP contribution in [0.5, 0.6) is 0 Å². The first-order valence-electron chi connectivity index (χ1n) is 9.01. The van der Waals surface area contributed by atoms with Crippen molar-refractivity contribution in [2.24, 2.45) is 0 Å². The van der Waals surface area contributed by atoms with E-state index in [0.717, 1.165) is 33.3 Å². The van der Waals surface area contributed by atoms with E-state index in [1.807, 2.05) is 37.5 Å². The van der Waals surface area contributed by atoms with Gasteiger partial charge in [0.25, 0.3) is 0 Å². The summed E-state index contributed by atoms with van der Waals surface area (Å²) in [6, 6.07) is 7.54. The number of aromatic nitrogens is 2. The van der Waals surface area contributed by atoms with Gasteiger partial charge in [0.15, 0.2) is 0 Å². The number of aryl methyl sites for hydroxylation is 1. The van der Waals surface area contributed by atoms with Crippen LogP contribution in [0.25, 0.3) is 22.0 Å². The van der Waals surface area contributed by atoms with Crippen LogP contribution < -0.4 is 10.2 Å². The highest BCUT2D eigenvalue weighted by Crippen LogP contribution is 2.32. The lowest BCUT2D eigenvalue weighted by Gasteiger charge is -2.28. The molecule has 3 aromatic rings. The number of imide groups is 1. The van der Waals surface area contributed by atoms with Crippen LogP contribution in [0.2, 0.25) is 0 Å². The molecule has 1 saturated heterocycles. The lowest BCUT2D eigenvalue weighted by molar-refractivity contribution is -0.192. The summed E-state index contributed by atoms with van der Waals surface area (Å²) >= 11 is 0. The van der Waals surface area contributed by atoms with Gasteiger partial charge in [-0.15, -0.1) is 0 Å². The molecule has 0 bridgehead atoms. The maximum Gasteiger partial charge on any atom is 0.490 e. The van der Waals surface area contributed by atoms with E-state index in [1.54, 1.807) is 11.1 Å². The first-order chi connectivity index (χ1) is 14.6. The highest BCUT2D eigenvalue weighted by atomic mass is 19.4. The first kappa shape index (κ1) is 21.8. The van der Waals surface area contributed by atoms with E-state index in [1.165, 1.54) is 0 Å². The van der Waals surface area contributed by atoms with Gasteiger partial charge >= 0.3 is 18.2 Å². The van der Waals surface area contributed by atoms with E-state index < -0.39 is 12.1 Å². The minimum Gasteiger partial charge on any atom is -0.475 e. The number of rotatable bonds is 2. The highest BCUT2D eigenvalue weighted by molar-refractivity contribution is 6.06. The van der Waals surface area contributed by atoms with Gasteiger partial charge in [-0.2, -0.15) is 13.2 Å². The number of carbonyl (C=O) groups excluding carboxylic acids is 2. The Bertz CT molecular complexity index is 1160. The third kappa shape index (κ3) is 4.82. The molecular weight excluding hydrogens is 417 g/mol. The fraction of sp³-hybridized carbons (Fsp3) is 0.200. The number of halogens is 3. The summed E-state index contributed by atoms with van der Waals surface area (Å²) in [6.07, 6.45) is 0.801. The molecule has 8 nitrogen and oxygen atoms in total. The highest BCUT2D eigenvalue weighted by Gasteiger charge is 2.38. The van der Waals surface area contributed by atoms with Crippen molar-refractivity contribution in [1.82, 2.24) is 15.3 Å². The second kappa shape index (κ2) is 8.46. The number of anilines is 1. The number of alkyl halides is 3. The topological polar surface area (TPSA) is 115 Å². The van der Waals surface area contributed by atoms with Crippen LogP contribution in [0.4, 0.5) is 23.7 Å². The largest absolute Gasteiger partial charge is 0.490 e. The minimum atomic E-state index is -5.08. The molecule has 3 heterocycles. The van der Waals surface area contributed by atoms with Crippen molar-refractivity contribution in [2.75, 3.05) is 11.4 Å². The summed E-state index contributed by atoms with van der Waals surface area (Å²) < 4.78 is 31.7. The number of urea groups is 1. The number of benzene rings is 1. The zero-order valence-electron chi connectivity index (χ0n) is 16.2. The molecule has 1 aliphatic heterocycles. The second-order valence-corrected chi connectivity index (χ2v) is 6.68. The number of H-pyrrole nitrogens is 1. The average molecular weight is 434 g/mol. The van der Waals surface area contributed by atoms with Gasteiger partial charge in [0, 0.05) is 53.7 Å². The summed E-state index contributed by atoms with van der Waals surface area (Å²) in [5.74, 6) is -2.98. The summed E-state index contributed by atoms with van der Waals surface area (Å²) in [5.41, 5.74) is 4.97. The molecule has 11 heteroatoms. The van der Waals surface area contributed by atoms with E-state index in [4.69, 9.17) is 9.90 Å². The molecule has 162 valence electrons. The van der Waals surface area contributed by atoms with Gasteiger partial charge in [0.2, 0.25) is 5.91 Å². The van der Waals surface area contributed by atoms with Crippen molar-refractivity contribution in [2.45, 2.75) is 19.5 Å². The number of carboxylic acids is 1. The van der Waals surface area contributed by atoms with Crippen LogP contribution >= 0.6 is 0 Å². The summed E-state index contributed by atoms with van der Waals surface area (Å²) in [5, 5.41) is 10.5. The van der Waals surface area contributed by atoms with Gasteiger partial charge in [-0.05, 0) is 36.2 Å². The number of pyridine rings is 1. The van der Waals surface area contributed by atoms with Crippen LogP contribution in [0.3, 0.4) is 0 Å². The Morgan fingerprint density at radius 1 is 1.23 bits per heavy atom. The Morgan fingerprint density at radius 2 is 1.94 bits per heavy atom. The third-order valence-corrected chi connectivity index (χ3v) is 4.58. The van der Waals surface area contributed by atoms with Gasteiger partial charge < -0.3 is 10.1 Å². The maximum absolute atomic E-state index is 12.0. The van der Waals surface area contributed by atoms with E-state index in [2.05, 4.69) is 21.4 Å². The Hall–Kier alpha value is -3.89. The molecule has 0 spiro atoms. The number of aliphatic carboxylic acids is 1. The Balaban J connectivity index is 0.000000339. The number of aromatic amines is 1. The van der Waals surface area contributed by atoms with E-state index in [9.17, 15) is 22.8 Å². The molecule has 4 rings (SSSR count). The zero-order chi connectivity index (χ0) is 22.8. The summed E-state index contributed by atoms with van der Waals surface area (Å²) in [6.45, 7) is 2.37. The molecule has 1 aliphatic rings. The van der Waals surface area contributed by atoms with Gasteiger partial charge in [0.05, 0.1) is 0 Å². The number of carbonyl (C=O) groups is 3. The van der Waals surface area contributed by atoms with Crippen LogP contribution in [0.15, 0.2) is 42.9 Å². The van der Waals surface area contributed by atoms with Gasteiger partial charge in [-0.3, -0.25) is 20.0 Å². The molecule has 0 unspecified atom stereocenters.